The van der Waals surface area contributed by atoms with E-state index in [-0.39, 0.29) is 22.8 Å². The van der Waals surface area contributed by atoms with Gasteiger partial charge in [-0.05, 0) is 52.7 Å². The van der Waals surface area contributed by atoms with E-state index in [2.05, 4.69) is 15.9 Å². The Labute approximate surface area is 181 Å². The Kier molecular flexibility index (Phi) is 7.64. The third kappa shape index (κ3) is 4.89. The van der Waals surface area contributed by atoms with Gasteiger partial charge < -0.3 is 19.5 Å². The number of anilines is 1. The van der Waals surface area contributed by atoms with Gasteiger partial charge >= 0.3 is 11.9 Å². The molecular formula is C20H19BrClNO6. The van der Waals surface area contributed by atoms with E-state index in [0.717, 1.165) is 0 Å². The Morgan fingerprint density at radius 2 is 1.90 bits per heavy atom. The van der Waals surface area contributed by atoms with E-state index < -0.39 is 23.8 Å². The molecule has 1 amide bonds. The van der Waals surface area contributed by atoms with Crippen LogP contribution in [0.1, 0.15) is 28.8 Å². The molecule has 0 aliphatic carbocycles. The Balaban J connectivity index is 2.62. The summed E-state index contributed by atoms with van der Waals surface area (Å²) in [6, 6.07) is 9.54. The fourth-order valence-corrected chi connectivity index (χ4v) is 3.29. The van der Waals surface area contributed by atoms with Crippen molar-refractivity contribution in [3.8, 4) is 5.75 Å². The van der Waals surface area contributed by atoms with E-state index in [1.54, 1.807) is 31.2 Å². The second kappa shape index (κ2) is 9.76. The number of para-hydroxylation sites is 2. The second-order valence-corrected chi connectivity index (χ2v) is 7.17. The summed E-state index contributed by atoms with van der Waals surface area (Å²) < 4.78 is 10.6. The second-order valence-electron chi connectivity index (χ2n) is 5.91. The molecular weight excluding hydrogens is 466 g/mol. The van der Waals surface area contributed by atoms with Gasteiger partial charge in [-0.25, -0.2) is 0 Å². The number of carbonyl (C=O) groups excluding carboxylic acids is 2. The lowest BCUT2D eigenvalue weighted by atomic mass is 9.93. The number of carboxylic acids is 1. The topological polar surface area (TPSA) is 93.1 Å². The Bertz CT molecular complexity index is 949. The van der Waals surface area contributed by atoms with E-state index in [9.17, 15) is 19.5 Å². The number of nitrogens with zero attached hydrogens (tertiary/aromatic N) is 1. The third-order valence-corrected chi connectivity index (χ3v) is 5.35. The molecule has 0 aromatic heterocycles. The highest BCUT2D eigenvalue weighted by Gasteiger charge is 2.35. The number of amides is 1. The predicted octanol–water partition coefficient (Wildman–Crippen LogP) is 4.12. The number of rotatable bonds is 7. The van der Waals surface area contributed by atoms with E-state index in [1.807, 2.05) is 0 Å². The average molecular weight is 485 g/mol. The van der Waals surface area contributed by atoms with Crippen molar-refractivity contribution in [2.75, 3.05) is 25.7 Å². The van der Waals surface area contributed by atoms with Crippen molar-refractivity contribution in [2.24, 2.45) is 0 Å². The van der Waals surface area contributed by atoms with Crippen LogP contribution in [0.3, 0.4) is 0 Å². The molecule has 0 saturated heterocycles. The Morgan fingerprint density at radius 3 is 2.48 bits per heavy atom. The lowest BCUT2D eigenvalue weighted by Gasteiger charge is -2.23. The summed E-state index contributed by atoms with van der Waals surface area (Å²) in [5, 5.41) is 9.79. The van der Waals surface area contributed by atoms with E-state index in [4.69, 9.17) is 21.1 Å². The summed E-state index contributed by atoms with van der Waals surface area (Å²) in [6.07, 6.45) is 0. The minimum absolute atomic E-state index is 0.00271. The highest BCUT2D eigenvalue weighted by molar-refractivity contribution is 9.10. The van der Waals surface area contributed by atoms with Gasteiger partial charge in [0.25, 0.3) is 5.91 Å². The number of carboxylic acid groups (broad SMARTS) is 1. The number of benzene rings is 2. The molecule has 0 aliphatic heterocycles. The molecule has 1 unspecified atom stereocenters. The number of hydrogen-bond donors (Lipinski definition) is 1. The van der Waals surface area contributed by atoms with E-state index in [0.29, 0.717) is 15.9 Å². The summed E-state index contributed by atoms with van der Waals surface area (Å²) >= 11 is 9.37. The molecule has 0 aliphatic rings. The molecule has 0 radical (unpaired) electrons. The molecule has 2 aromatic carbocycles. The van der Waals surface area contributed by atoms with Crippen LogP contribution in [0.2, 0.25) is 5.02 Å². The molecule has 9 heteroatoms. The van der Waals surface area contributed by atoms with Crippen molar-refractivity contribution in [3.63, 3.8) is 0 Å². The highest BCUT2D eigenvalue weighted by Crippen LogP contribution is 2.34. The van der Waals surface area contributed by atoms with Gasteiger partial charge in [-0.3, -0.25) is 14.4 Å². The SMILES string of the molecule is CCOC(=O)C(C(=O)O)c1cc(Cl)c(Br)cc1C(=O)N(C)c1ccccc1OC. The molecule has 2 aromatic rings. The molecule has 7 nitrogen and oxygen atoms in total. The molecule has 0 saturated carbocycles. The van der Waals surface area contributed by atoms with Crippen molar-refractivity contribution >= 4 is 51.1 Å². The summed E-state index contributed by atoms with van der Waals surface area (Å²) in [6.45, 7) is 1.56. The minimum Gasteiger partial charge on any atom is -0.495 e. The van der Waals surface area contributed by atoms with Crippen LogP contribution in [0, 0.1) is 0 Å². The summed E-state index contributed by atoms with van der Waals surface area (Å²) in [5.41, 5.74) is 0.408. The third-order valence-electron chi connectivity index (χ3n) is 4.15. The first kappa shape index (κ1) is 22.7. The van der Waals surface area contributed by atoms with Crippen molar-refractivity contribution in [1.29, 1.82) is 0 Å². The van der Waals surface area contributed by atoms with Crippen molar-refractivity contribution in [1.82, 2.24) is 0 Å². The molecule has 0 bridgehead atoms. The van der Waals surface area contributed by atoms with Crippen LogP contribution < -0.4 is 9.64 Å². The maximum absolute atomic E-state index is 13.3. The maximum Gasteiger partial charge on any atom is 0.324 e. The fourth-order valence-electron chi connectivity index (χ4n) is 2.77. The number of esters is 1. The Morgan fingerprint density at radius 1 is 1.24 bits per heavy atom. The molecule has 154 valence electrons. The zero-order chi connectivity index (χ0) is 21.7. The Hall–Kier alpha value is -2.58. The number of carbonyl (C=O) groups is 3. The van der Waals surface area contributed by atoms with Gasteiger partial charge in [-0.1, -0.05) is 23.7 Å². The smallest absolute Gasteiger partial charge is 0.324 e. The number of aliphatic carboxylic acids is 1. The van der Waals surface area contributed by atoms with Crippen LogP contribution in [-0.4, -0.2) is 43.7 Å². The standard InChI is InChI=1S/C20H19BrClNO6/c1-4-29-20(27)17(19(25)26)11-10-14(22)13(21)9-12(11)18(24)23(2)15-7-5-6-8-16(15)28-3/h5-10,17H,4H2,1-3H3,(H,25,26). The van der Waals surface area contributed by atoms with Gasteiger partial charge in [0.15, 0.2) is 5.92 Å². The van der Waals surface area contributed by atoms with Gasteiger partial charge in [0.05, 0.1) is 24.4 Å². The molecule has 0 heterocycles. The maximum atomic E-state index is 13.3. The first-order valence-electron chi connectivity index (χ1n) is 8.52. The van der Waals surface area contributed by atoms with Crippen LogP contribution in [-0.2, 0) is 14.3 Å². The van der Waals surface area contributed by atoms with Crippen LogP contribution in [0.5, 0.6) is 5.75 Å². The minimum atomic E-state index is -1.70. The molecule has 1 atom stereocenters. The first-order chi connectivity index (χ1) is 13.7. The van der Waals surface area contributed by atoms with Crippen LogP contribution >= 0.6 is 27.5 Å². The molecule has 0 spiro atoms. The quantitative estimate of drug-likeness (QED) is 0.469. The summed E-state index contributed by atoms with van der Waals surface area (Å²) in [7, 11) is 3.00. The summed E-state index contributed by atoms with van der Waals surface area (Å²) in [4.78, 5) is 38.7. The van der Waals surface area contributed by atoms with Crippen LogP contribution in [0.4, 0.5) is 5.69 Å². The fraction of sp³-hybridized carbons (Fsp3) is 0.250. The van der Waals surface area contributed by atoms with Gasteiger partial charge in [0.2, 0.25) is 0 Å². The first-order valence-corrected chi connectivity index (χ1v) is 9.69. The average Bonchev–Trinajstić information content (AvgIpc) is 2.69. The molecule has 0 fully saturated rings. The zero-order valence-electron chi connectivity index (χ0n) is 15.9. The van der Waals surface area contributed by atoms with E-state index >= 15 is 0 Å². The normalized spacial score (nSPS) is 11.5. The van der Waals surface area contributed by atoms with Gasteiger partial charge in [-0.2, -0.15) is 0 Å². The van der Waals surface area contributed by atoms with Crippen molar-refractivity contribution in [3.05, 3.63) is 57.0 Å². The largest absolute Gasteiger partial charge is 0.495 e. The monoisotopic (exact) mass is 483 g/mol. The lowest BCUT2D eigenvalue weighted by Crippen LogP contribution is -2.31. The van der Waals surface area contributed by atoms with Crippen molar-refractivity contribution < 1.29 is 29.0 Å². The van der Waals surface area contributed by atoms with Gasteiger partial charge in [0, 0.05) is 17.1 Å². The van der Waals surface area contributed by atoms with Crippen LogP contribution in [0.15, 0.2) is 40.9 Å². The number of ether oxygens (including phenoxy) is 2. The summed E-state index contributed by atoms with van der Waals surface area (Å²) in [5.74, 6) is -4.22. The zero-order valence-corrected chi connectivity index (χ0v) is 18.3. The molecule has 2 rings (SSSR count). The number of hydrogen-bond acceptors (Lipinski definition) is 5. The molecule has 29 heavy (non-hydrogen) atoms. The lowest BCUT2D eigenvalue weighted by molar-refractivity contribution is -0.153. The van der Waals surface area contributed by atoms with Crippen LogP contribution in [0.25, 0.3) is 0 Å². The number of methoxy groups -OCH3 is 1. The van der Waals surface area contributed by atoms with E-state index in [1.165, 1.54) is 31.2 Å². The van der Waals surface area contributed by atoms with Gasteiger partial charge in [-0.15, -0.1) is 0 Å². The highest BCUT2D eigenvalue weighted by atomic mass is 79.9. The predicted molar refractivity (Wildman–Crippen MR) is 112 cm³/mol. The molecule has 1 N–H and O–H groups in total. The number of halogens is 2. The van der Waals surface area contributed by atoms with Gasteiger partial charge in [0.1, 0.15) is 5.75 Å². The van der Waals surface area contributed by atoms with Crippen molar-refractivity contribution in [2.45, 2.75) is 12.8 Å².